The Morgan fingerprint density at radius 1 is 0.939 bits per heavy atom. The number of hydrogen-bond acceptors (Lipinski definition) is 4. The van der Waals surface area contributed by atoms with Crippen LogP contribution < -0.4 is 14.9 Å². The molecule has 1 N–H and O–H groups in total. The molecule has 0 aliphatic heterocycles. The number of hydrogen-bond donors (Lipinski definition) is 1. The maximum absolute atomic E-state index is 12.3. The number of rotatable bonds is 8. The summed E-state index contributed by atoms with van der Waals surface area (Å²) in [5.41, 5.74) is 4.95. The normalized spacial score (nSPS) is 11.0. The van der Waals surface area contributed by atoms with Crippen molar-refractivity contribution < 1.29 is 14.3 Å². The number of benzene rings is 4. The Kier molecular flexibility index (Phi) is 7.37. The third-order valence-electron chi connectivity index (χ3n) is 5.03. The van der Waals surface area contributed by atoms with Gasteiger partial charge in [0, 0.05) is 4.47 Å². The summed E-state index contributed by atoms with van der Waals surface area (Å²) in [6.45, 7) is 2.86. The molecule has 0 aliphatic carbocycles. The molecule has 0 unspecified atom stereocenters. The fourth-order valence-corrected chi connectivity index (χ4v) is 3.90. The van der Waals surface area contributed by atoms with Crippen molar-refractivity contribution >= 4 is 38.8 Å². The molecule has 0 saturated heterocycles. The van der Waals surface area contributed by atoms with E-state index in [0.717, 1.165) is 11.1 Å². The lowest BCUT2D eigenvalue weighted by molar-refractivity contribution is 0.0954. The van der Waals surface area contributed by atoms with Crippen molar-refractivity contribution in [2.45, 2.75) is 13.5 Å². The van der Waals surface area contributed by atoms with Crippen LogP contribution in [0.15, 0.2) is 94.5 Å². The van der Waals surface area contributed by atoms with Crippen LogP contribution in [0.2, 0.25) is 0 Å². The van der Waals surface area contributed by atoms with Crippen molar-refractivity contribution in [3.05, 3.63) is 106 Å². The number of carbonyl (C=O) groups excluding carboxylic acids is 1. The van der Waals surface area contributed by atoms with E-state index < -0.39 is 0 Å². The molecule has 0 fully saturated rings. The van der Waals surface area contributed by atoms with Gasteiger partial charge in [-0.2, -0.15) is 5.10 Å². The number of nitrogens with one attached hydrogen (secondary N) is 1. The van der Waals surface area contributed by atoms with Gasteiger partial charge in [0.05, 0.1) is 18.4 Å². The second kappa shape index (κ2) is 10.8. The number of ether oxygens (including phenoxy) is 2. The summed E-state index contributed by atoms with van der Waals surface area (Å²) in [4.78, 5) is 12.3. The summed E-state index contributed by atoms with van der Waals surface area (Å²) in [7, 11) is 0. The summed E-state index contributed by atoms with van der Waals surface area (Å²) >= 11 is 3.37. The van der Waals surface area contributed by atoms with Crippen LogP contribution in [0, 0.1) is 0 Å². The van der Waals surface area contributed by atoms with Gasteiger partial charge in [0.15, 0.2) is 11.5 Å². The monoisotopic (exact) mass is 502 g/mol. The average Bonchev–Trinajstić information content (AvgIpc) is 2.84. The largest absolute Gasteiger partial charge is 0.490 e. The van der Waals surface area contributed by atoms with Gasteiger partial charge < -0.3 is 9.47 Å². The van der Waals surface area contributed by atoms with Crippen molar-refractivity contribution in [1.29, 1.82) is 0 Å². The minimum atomic E-state index is -0.293. The minimum absolute atomic E-state index is 0.293. The molecule has 5 nitrogen and oxygen atoms in total. The molecule has 1 amide bonds. The molecule has 0 spiro atoms. The molecular formula is C27H23BrN2O3. The molecular weight excluding hydrogens is 480 g/mol. The Morgan fingerprint density at radius 2 is 1.73 bits per heavy atom. The van der Waals surface area contributed by atoms with Crippen LogP contribution in [0.25, 0.3) is 10.8 Å². The Morgan fingerprint density at radius 3 is 2.58 bits per heavy atom. The lowest BCUT2D eigenvalue weighted by Gasteiger charge is -2.13. The maximum Gasteiger partial charge on any atom is 0.272 e. The van der Waals surface area contributed by atoms with E-state index in [9.17, 15) is 4.79 Å². The Bertz CT molecular complexity index is 1300. The number of amides is 1. The SMILES string of the molecule is CCOc1cc(/C=N/NC(=O)c2ccccc2Br)ccc1OCc1cccc2ccccc12. The molecule has 0 aromatic heterocycles. The summed E-state index contributed by atoms with van der Waals surface area (Å²) < 4.78 is 12.6. The molecule has 4 aromatic carbocycles. The number of halogens is 1. The molecule has 0 bridgehead atoms. The predicted octanol–water partition coefficient (Wildman–Crippen LogP) is 6.34. The third-order valence-corrected chi connectivity index (χ3v) is 5.72. The second-order valence-electron chi connectivity index (χ2n) is 7.25. The average molecular weight is 503 g/mol. The molecule has 4 aromatic rings. The first kappa shape index (κ1) is 22.6. The quantitative estimate of drug-likeness (QED) is 0.225. The highest BCUT2D eigenvalue weighted by Crippen LogP contribution is 2.30. The van der Waals surface area contributed by atoms with Crippen LogP contribution in [0.5, 0.6) is 11.5 Å². The van der Waals surface area contributed by atoms with E-state index in [1.54, 1.807) is 18.3 Å². The van der Waals surface area contributed by atoms with E-state index in [1.165, 1.54) is 10.8 Å². The lowest BCUT2D eigenvalue weighted by Crippen LogP contribution is -2.18. The molecule has 0 saturated carbocycles. The van der Waals surface area contributed by atoms with Gasteiger partial charge in [-0.15, -0.1) is 0 Å². The Labute approximate surface area is 201 Å². The highest BCUT2D eigenvalue weighted by atomic mass is 79.9. The van der Waals surface area contributed by atoms with E-state index >= 15 is 0 Å². The maximum atomic E-state index is 12.3. The highest BCUT2D eigenvalue weighted by Gasteiger charge is 2.09. The van der Waals surface area contributed by atoms with Crippen molar-refractivity contribution in [3.8, 4) is 11.5 Å². The van der Waals surface area contributed by atoms with Gasteiger partial charge in [-0.05, 0) is 75.1 Å². The fourth-order valence-electron chi connectivity index (χ4n) is 3.44. The third kappa shape index (κ3) is 5.59. The van der Waals surface area contributed by atoms with Crippen molar-refractivity contribution in [2.75, 3.05) is 6.61 Å². The van der Waals surface area contributed by atoms with Gasteiger partial charge >= 0.3 is 0 Å². The minimum Gasteiger partial charge on any atom is -0.490 e. The summed E-state index contributed by atoms with van der Waals surface area (Å²) in [5.74, 6) is 0.983. The lowest BCUT2D eigenvalue weighted by atomic mass is 10.1. The van der Waals surface area contributed by atoms with Gasteiger partial charge in [-0.25, -0.2) is 5.43 Å². The number of fused-ring (bicyclic) bond motifs is 1. The van der Waals surface area contributed by atoms with Crippen LogP contribution in [0.1, 0.15) is 28.4 Å². The van der Waals surface area contributed by atoms with E-state index in [4.69, 9.17) is 9.47 Å². The topological polar surface area (TPSA) is 59.9 Å². The van der Waals surface area contributed by atoms with Crippen molar-refractivity contribution in [2.24, 2.45) is 5.10 Å². The fraction of sp³-hybridized carbons (Fsp3) is 0.111. The first-order valence-electron chi connectivity index (χ1n) is 10.6. The molecule has 0 heterocycles. The molecule has 0 radical (unpaired) electrons. The van der Waals surface area contributed by atoms with Crippen LogP contribution in [0.3, 0.4) is 0 Å². The van der Waals surface area contributed by atoms with Gasteiger partial charge in [-0.3, -0.25) is 4.79 Å². The smallest absolute Gasteiger partial charge is 0.272 e. The number of nitrogens with zero attached hydrogens (tertiary/aromatic N) is 1. The first-order valence-corrected chi connectivity index (χ1v) is 11.4. The molecule has 4 rings (SSSR count). The van der Waals surface area contributed by atoms with Gasteiger partial charge in [0.2, 0.25) is 0 Å². The van der Waals surface area contributed by atoms with Gasteiger partial charge in [-0.1, -0.05) is 54.6 Å². The van der Waals surface area contributed by atoms with Crippen molar-refractivity contribution in [3.63, 3.8) is 0 Å². The first-order chi connectivity index (χ1) is 16.2. The van der Waals surface area contributed by atoms with Gasteiger partial charge in [0.1, 0.15) is 6.61 Å². The highest BCUT2D eigenvalue weighted by molar-refractivity contribution is 9.10. The molecule has 6 heteroatoms. The standard InChI is InChI=1S/C27H23BrN2O3/c1-2-32-26-16-19(17-29-30-27(31)23-12-5-6-13-24(23)28)14-15-25(26)33-18-21-10-7-9-20-8-3-4-11-22(20)21/h3-17H,2,18H2,1H3,(H,30,31)/b29-17+. The van der Waals surface area contributed by atoms with E-state index in [2.05, 4.69) is 50.7 Å². The van der Waals surface area contributed by atoms with Crippen LogP contribution in [-0.2, 0) is 6.61 Å². The van der Waals surface area contributed by atoms with Crippen LogP contribution in [0.4, 0.5) is 0 Å². The summed E-state index contributed by atoms with van der Waals surface area (Å²) in [5, 5.41) is 6.43. The van der Waals surface area contributed by atoms with E-state index in [0.29, 0.717) is 34.7 Å². The molecule has 0 aliphatic rings. The zero-order valence-electron chi connectivity index (χ0n) is 18.1. The molecule has 33 heavy (non-hydrogen) atoms. The molecule has 0 atom stereocenters. The van der Waals surface area contributed by atoms with Gasteiger partial charge in [0.25, 0.3) is 5.91 Å². The second-order valence-corrected chi connectivity index (χ2v) is 8.10. The Balaban J connectivity index is 1.46. The number of carbonyl (C=O) groups is 1. The van der Waals surface area contributed by atoms with Crippen LogP contribution in [-0.4, -0.2) is 18.7 Å². The molecule has 166 valence electrons. The van der Waals surface area contributed by atoms with Crippen molar-refractivity contribution in [1.82, 2.24) is 5.43 Å². The van der Waals surface area contributed by atoms with Crippen LogP contribution >= 0.6 is 15.9 Å². The summed E-state index contributed by atoms with van der Waals surface area (Å²) in [6, 6.07) is 27.2. The predicted molar refractivity (Wildman–Crippen MR) is 135 cm³/mol. The summed E-state index contributed by atoms with van der Waals surface area (Å²) in [6.07, 6.45) is 1.58. The zero-order valence-corrected chi connectivity index (χ0v) is 19.7. The number of hydrazone groups is 1. The zero-order chi connectivity index (χ0) is 23.0. The van der Waals surface area contributed by atoms with E-state index in [-0.39, 0.29) is 5.91 Å². The van der Waals surface area contributed by atoms with E-state index in [1.807, 2.05) is 55.5 Å². The Hall–Kier alpha value is -3.64.